The Kier molecular flexibility index (Phi) is 4.69. The number of hydrogen-bond donors (Lipinski definition) is 1. The lowest BCUT2D eigenvalue weighted by molar-refractivity contribution is -0.121. The first-order valence-electron chi connectivity index (χ1n) is 9.16. The van der Waals surface area contributed by atoms with Crippen LogP contribution in [0.25, 0.3) is 0 Å². The van der Waals surface area contributed by atoms with E-state index < -0.39 is 0 Å². The maximum Gasteiger partial charge on any atom is 0.276 e. The number of aryl methyl sites for hydroxylation is 1. The molecule has 1 fully saturated rings. The molecule has 0 saturated carbocycles. The van der Waals surface area contributed by atoms with Gasteiger partial charge in [-0.15, -0.1) is 0 Å². The molecule has 1 saturated heterocycles. The van der Waals surface area contributed by atoms with Gasteiger partial charge in [-0.25, -0.2) is 0 Å². The zero-order valence-corrected chi connectivity index (χ0v) is 14.6. The normalized spacial score (nSPS) is 19.2. The molecule has 1 N–H and O–H groups in total. The zero-order valence-electron chi connectivity index (χ0n) is 14.6. The Morgan fingerprint density at radius 2 is 2.12 bits per heavy atom. The first kappa shape index (κ1) is 16.8. The van der Waals surface area contributed by atoms with Gasteiger partial charge in [-0.3, -0.25) is 14.6 Å². The van der Waals surface area contributed by atoms with Crippen LogP contribution in [0.5, 0.6) is 0 Å². The summed E-state index contributed by atoms with van der Waals surface area (Å²) in [5.74, 6) is 0.678. The van der Waals surface area contributed by atoms with Crippen molar-refractivity contribution in [3.8, 4) is 0 Å². The van der Waals surface area contributed by atoms with Crippen molar-refractivity contribution >= 4 is 11.8 Å². The van der Waals surface area contributed by atoms with Crippen LogP contribution in [0.15, 0.2) is 28.9 Å². The molecule has 4 rings (SSSR count). The van der Waals surface area contributed by atoms with Crippen molar-refractivity contribution in [1.29, 1.82) is 0 Å². The lowest BCUT2D eigenvalue weighted by atomic mass is 9.91. The van der Waals surface area contributed by atoms with Crippen LogP contribution in [-0.2, 0) is 24.1 Å². The lowest BCUT2D eigenvalue weighted by Gasteiger charge is -2.23. The van der Waals surface area contributed by atoms with Gasteiger partial charge in [0, 0.05) is 43.0 Å². The number of carbonyl (C=O) groups excluding carboxylic acids is 2. The Balaban J connectivity index is 1.41. The van der Waals surface area contributed by atoms with Gasteiger partial charge in [0.15, 0.2) is 5.69 Å². The zero-order chi connectivity index (χ0) is 17.9. The van der Waals surface area contributed by atoms with Crippen molar-refractivity contribution in [2.75, 3.05) is 13.1 Å². The standard InChI is InChI=1S/C19H22N4O3/c24-17(12-13-5-1-2-8-20-13)21-14-6-7-16-15(11-14)18(22-26-16)19(25)23-9-3-4-10-23/h1-2,5,8,14H,3-4,6-7,9-12H2,(H,21,24). The lowest BCUT2D eigenvalue weighted by Crippen LogP contribution is -2.40. The van der Waals surface area contributed by atoms with E-state index in [0.717, 1.165) is 49.4 Å². The first-order valence-corrected chi connectivity index (χ1v) is 9.16. The minimum absolute atomic E-state index is 0.0109. The number of nitrogens with one attached hydrogen (secondary N) is 1. The van der Waals surface area contributed by atoms with E-state index in [2.05, 4.69) is 15.5 Å². The molecular formula is C19H22N4O3. The highest BCUT2D eigenvalue weighted by Crippen LogP contribution is 2.26. The van der Waals surface area contributed by atoms with Crippen LogP contribution in [0, 0.1) is 0 Å². The van der Waals surface area contributed by atoms with Crippen LogP contribution in [0.2, 0.25) is 0 Å². The van der Waals surface area contributed by atoms with Gasteiger partial charge in [-0.2, -0.15) is 0 Å². The van der Waals surface area contributed by atoms with E-state index in [1.807, 2.05) is 23.1 Å². The Morgan fingerprint density at radius 1 is 1.27 bits per heavy atom. The van der Waals surface area contributed by atoms with Crippen LogP contribution in [0.4, 0.5) is 0 Å². The fourth-order valence-corrected chi connectivity index (χ4v) is 3.71. The van der Waals surface area contributed by atoms with Gasteiger partial charge in [0.2, 0.25) is 5.91 Å². The number of nitrogens with zero attached hydrogens (tertiary/aromatic N) is 3. The van der Waals surface area contributed by atoms with Crippen molar-refractivity contribution in [1.82, 2.24) is 20.4 Å². The molecule has 1 aliphatic carbocycles. The fourth-order valence-electron chi connectivity index (χ4n) is 3.71. The molecule has 2 aliphatic rings. The van der Waals surface area contributed by atoms with E-state index in [-0.39, 0.29) is 24.3 Å². The van der Waals surface area contributed by atoms with Gasteiger partial charge in [0.1, 0.15) is 5.76 Å². The molecule has 1 atom stereocenters. The summed E-state index contributed by atoms with van der Waals surface area (Å²) in [5.41, 5.74) is 2.03. The monoisotopic (exact) mass is 354 g/mol. The summed E-state index contributed by atoms with van der Waals surface area (Å²) < 4.78 is 5.40. The van der Waals surface area contributed by atoms with Crippen LogP contribution in [0.3, 0.4) is 0 Å². The van der Waals surface area contributed by atoms with E-state index in [4.69, 9.17) is 4.52 Å². The number of fused-ring (bicyclic) bond motifs is 1. The van der Waals surface area contributed by atoms with Gasteiger partial charge in [0.25, 0.3) is 5.91 Å². The topological polar surface area (TPSA) is 88.3 Å². The maximum absolute atomic E-state index is 12.7. The summed E-state index contributed by atoms with van der Waals surface area (Å²) in [6.07, 6.45) is 6.08. The average Bonchev–Trinajstić information content (AvgIpc) is 3.32. The van der Waals surface area contributed by atoms with Crippen LogP contribution >= 0.6 is 0 Å². The molecule has 26 heavy (non-hydrogen) atoms. The number of aromatic nitrogens is 2. The Hall–Kier alpha value is -2.70. The van der Waals surface area contributed by atoms with Gasteiger partial charge >= 0.3 is 0 Å². The third-order valence-corrected chi connectivity index (χ3v) is 5.07. The summed E-state index contributed by atoms with van der Waals surface area (Å²) in [7, 11) is 0. The van der Waals surface area contributed by atoms with E-state index in [1.165, 1.54) is 0 Å². The average molecular weight is 354 g/mol. The number of rotatable bonds is 4. The predicted molar refractivity (Wildman–Crippen MR) is 93.5 cm³/mol. The Bertz CT molecular complexity index is 796. The second-order valence-corrected chi connectivity index (χ2v) is 6.94. The Labute approximate surface area is 151 Å². The third-order valence-electron chi connectivity index (χ3n) is 5.07. The van der Waals surface area contributed by atoms with Gasteiger partial charge in [-0.1, -0.05) is 11.2 Å². The van der Waals surface area contributed by atoms with Crippen molar-refractivity contribution in [2.45, 2.75) is 44.6 Å². The van der Waals surface area contributed by atoms with Crippen LogP contribution in [0.1, 0.15) is 46.8 Å². The number of hydrogen-bond acceptors (Lipinski definition) is 5. The van der Waals surface area contributed by atoms with E-state index in [0.29, 0.717) is 18.5 Å². The molecule has 1 unspecified atom stereocenters. The number of pyridine rings is 1. The predicted octanol–water partition coefficient (Wildman–Crippen LogP) is 1.52. The highest BCUT2D eigenvalue weighted by atomic mass is 16.5. The number of likely N-dealkylation sites (tertiary alicyclic amines) is 1. The summed E-state index contributed by atoms with van der Waals surface area (Å²) in [6, 6.07) is 5.53. The molecule has 0 aromatic carbocycles. The molecule has 1 aliphatic heterocycles. The second-order valence-electron chi connectivity index (χ2n) is 6.94. The molecule has 0 radical (unpaired) electrons. The van der Waals surface area contributed by atoms with E-state index >= 15 is 0 Å². The van der Waals surface area contributed by atoms with Crippen molar-refractivity contribution in [3.05, 3.63) is 47.1 Å². The Morgan fingerprint density at radius 3 is 2.88 bits per heavy atom. The van der Waals surface area contributed by atoms with Gasteiger partial charge in [-0.05, 0) is 37.8 Å². The molecule has 0 spiro atoms. The van der Waals surface area contributed by atoms with E-state index in [9.17, 15) is 9.59 Å². The largest absolute Gasteiger partial charge is 0.360 e. The summed E-state index contributed by atoms with van der Waals surface area (Å²) in [6.45, 7) is 1.56. The minimum atomic E-state index is -0.0546. The van der Waals surface area contributed by atoms with Crippen molar-refractivity contribution < 1.29 is 14.1 Å². The molecule has 0 bridgehead atoms. The van der Waals surface area contributed by atoms with Gasteiger partial charge < -0.3 is 14.7 Å². The highest BCUT2D eigenvalue weighted by Gasteiger charge is 2.32. The number of carbonyl (C=O) groups is 2. The molecule has 7 nitrogen and oxygen atoms in total. The third kappa shape index (κ3) is 3.47. The fraction of sp³-hybridized carbons (Fsp3) is 0.474. The molecule has 2 amide bonds. The SMILES string of the molecule is O=C(Cc1ccccn1)NC1CCc2onc(C(=O)N3CCCC3)c2C1. The number of amides is 2. The van der Waals surface area contributed by atoms with Crippen LogP contribution < -0.4 is 5.32 Å². The highest BCUT2D eigenvalue weighted by molar-refractivity contribution is 5.94. The summed E-state index contributed by atoms with van der Waals surface area (Å²) in [5, 5.41) is 7.10. The molecule has 3 heterocycles. The first-order chi connectivity index (χ1) is 12.7. The smallest absolute Gasteiger partial charge is 0.276 e. The van der Waals surface area contributed by atoms with Crippen molar-refractivity contribution in [3.63, 3.8) is 0 Å². The van der Waals surface area contributed by atoms with E-state index in [1.54, 1.807) is 6.20 Å². The molecule has 7 heteroatoms. The quantitative estimate of drug-likeness (QED) is 0.899. The van der Waals surface area contributed by atoms with Gasteiger partial charge in [0.05, 0.1) is 6.42 Å². The molecule has 2 aromatic heterocycles. The van der Waals surface area contributed by atoms with Crippen LogP contribution in [-0.4, -0.2) is 46.0 Å². The van der Waals surface area contributed by atoms with Crippen molar-refractivity contribution in [2.24, 2.45) is 0 Å². The molecular weight excluding hydrogens is 332 g/mol. The minimum Gasteiger partial charge on any atom is -0.360 e. The molecule has 136 valence electrons. The second kappa shape index (κ2) is 7.27. The summed E-state index contributed by atoms with van der Waals surface area (Å²) in [4.78, 5) is 31.0. The summed E-state index contributed by atoms with van der Waals surface area (Å²) >= 11 is 0. The maximum atomic E-state index is 12.7. The molecule has 2 aromatic rings.